The molecule has 1 aromatic rings. The number of carbonyl (C=O) groups excluding carboxylic acids is 1. The summed E-state index contributed by atoms with van der Waals surface area (Å²) < 4.78 is 0. The number of rotatable bonds is 4. The van der Waals surface area contributed by atoms with E-state index in [-0.39, 0.29) is 11.8 Å². The molecule has 0 radical (unpaired) electrons. The Morgan fingerprint density at radius 3 is 2.95 bits per heavy atom. The molecule has 2 aliphatic rings. The van der Waals surface area contributed by atoms with Gasteiger partial charge in [0.2, 0.25) is 5.91 Å². The Labute approximate surface area is 124 Å². The van der Waals surface area contributed by atoms with Crippen molar-refractivity contribution in [2.75, 3.05) is 13.1 Å². The highest BCUT2D eigenvalue weighted by Gasteiger charge is 2.32. The molecule has 2 heterocycles. The van der Waals surface area contributed by atoms with Crippen LogP contribution in [-0.2, 0) is 11.3 Å². The van der Waals surface area contributed by atoms with E-state index in [1.165, 1.54) is 32.1 Å². The Bertz CT molecular complexity index is 428. The molecule has 1 saturated heterocycles. The molecule has 1 saturated carbocycles. The average Bonchev–Trinajstić information content (AvgIpc) is 3.17. The molecule has 4 nitrogen and oxygen atoms in total. The van der Waals surface area contributed by atoms with E-state index in [0.29, 0.717) is 6.54 Å². The predicted molar refractivity (Wildman–Crippen MR) is 80.5 cm³/mol. The van der Waals surface area contributed by atoms with Crippen LogP contribution in [-0.4, -0.2) is 34.9 Å². The van der Waals surface area contributed by atoms with Gasteiger partial charge in [-0.1, -0.05) is 19.3 Å². The van der Waals surface area contributed by atoms with Crippen LogP contribution in [0.4, 0.5) is 0 Å². The fourth-order valence-corrected chi connectivity index (χ4v) is 3.98. The summed E-state index contributed by atoms with van der Waals surface area (Å²) in [7, 11) is 0. The normalized spacial score (nSPS) is 24.9. The number of hydrogen-bond donors (Lipinski definition) is 1. The largest absolute Gasteiger partial charge is 0.349 e. The highest BCUT2D eigenvalue weighted by Crippen LogP contribution is 2.27. The third kappa shape index (κ3) is 3.38. The van der Waals surface area contributed by atoms with Gasteiger partial charge in [0, 0.05) is 24.2 Å². The van der Waals surface area contributed by atoms with Crippen LogP contribution in [0, 0.1) is 5.92 Å². The molecule has 20 heavy (non-hydrogen) atoms. The van der Waals surface area contributed by atoms with Gasteiger partial charge in [0.05, 0.1) is 12.5 Å². The second-order valence-electron chi connectivity index (χ2n) is 5.92. The van der Waals surface area contributed by atoms with E-state index in [1.807, 2.05) is 5.38 Å². The molecule has 2 fully saturated rings. The summed E-state index contributed by atoms with van der Waals surface area (Å²) in [5.74, 6) is 0.385. The van der Waals surface area contributed by atoms with Crippen molar-refractivity contribution in [3.05, 3.63) is 16.6 Å². The molecule has 0 aromatic carbocycles. The minimum Gasteiger partial charge on any atom is -0.349 e. The van der Waals surface area contributed by atoms with E-state index in [9.17, 15) is 4.79 Å². The quantitative estimate of drug-likeness (QED) is 0.927. The van der Waals surface area contributed by atoms with Crippen molar-refractivity contribution in [3.63, 3.8) is 0 Å². The highest BCUT2D eigenvalue weighted by atomic mass is 32.1. The molecule has 1 N–H and O–H groups in total. The molecular weight excluding hydrogens is 270 g/mol. The van der Waals surface area contributed by atoms with Gasteiger partial charge >= 0.3 is 0 Å². The standard InChI is InChI=1S/C15H23N3OS/c19-15(17-10-14-16-7-9-20-14)12-6-8-18(11-12)13-4-2-1-3-5-13/h7,9,12-13H,1-6,8,10-11H2,(H,17,19)/t12-/m0/s1. The van der Waals surface area contributed by atoms with E-state index in [4.69, 9.17) is 0 Å². The lowest BCUT2D eigenvalue weighted by atomic mass is 9.94. The fraction of sp³-hybridized carbons (Fsp3) is 0.733. The maximum absolute atomic E-state index is 12.2. The number of nitrogens with one attached hydrogen (secondary N) is 1. The summed E-state index contributed by atoms with van der Waals surface area (Å²) in [4.78, 5) is 19.0. The van der Waals surface area contributed by atoms with Crippen molar-refractivity contribution in [2.45, 2.75) is 51.1 Å². The summed E-state index contributed by atoms with van der Waals surface area (Å²) in [6.07, 6.45) is 9.57. The molecule has 1 atom stereocenters. The predicted octanol–water partition coefficient (Wildman–Crippen LogP) is 2.41. The Morgan fingerprint density at radius 1 is 1.35 bits per heavy atom. The number of hydrogen-bond acceptors (Lipinski definition) is 4. The summed E-state index contributed by atoms with van der Waals surface area (Å²) >= 11 is 1.59. The fourth-order valence-electron chi connectivity index (χ4n) is 3.43. The van der Waals surface area contributed by atoms with E-state index >= 15 is 0 Å². The van der Waals surface area contributed by atoms with E-state index < -0.39 is 0 Å². The van der Waals surface area contributed by atoms with Gasteiger partial charge in [-0.25, -0.2) is 4.98 Å². The highest BCUT2D eigenvalue weighted by molar-refractivity contribution is 7.09. The van der Waals surface area contributed by atoms with Crippen molar-refractivity contribution >= 4 is 17.2 Å². The lowest BCUT2D eigenvalue weighted by molar-refractivity contribution is -0.124. The minimum absolute atomic E-state index is 0.178. The zero-order valence-corrected chi connectivity index (χ0v) is 12.7. The van der Waals surface area contributed by atoms with Crippen LogP contribution < -0.4 is 5.32 Å². The first-order chi connectivity index (χ1) is 9.83. The zero-order chi connectivity index (χ0) is 13.8. The van der Waals surface area contributed by atoms with Crippen LogP contribution in [0.2, 0.25) is 0 Å². The topological polar surface area (TPSA) is 45.2 Å². The van der Waals surface area contributed by atoms with Gasteiger partial charge in [0.1, 0.15) is 5.01 Å². The van der Waals surface area contributed by atoms with Crippen LogP contribution >= 0.6 is 11.3 Å². The third-order valence-electron chi connectivity index (χ3n) is 4.58. The van der Waals surface area contributed by atoms with Crippen LogP contribution in [0.3, 0.4) is 0 Å². The number of thiazole rings is 1. The molecule has 1 aliphatic heterocycles. The molecule has 0 spiro atoms. The summed E-state index contributed by atoms with van der Waals surface area (Å²) in [5.41, 5.74) is 0. The Kier molecular flexibility index (Phi) is 4.68. The second kappa shape index (κ2) is 6.68. The molecule has 110 valence electrons. The number of nitrogens with zero attached hydrogens (tertiary/aromatic N) is 2. The van der Waals surface area contributed by atoms with E-state index in [1.54, 1.807) is 17.5 Å². The Balaban J connectivity index is 1.45. The minimum atomic E-state index is 0.178. The number of likely N-dealkylation sites (tertiary alicyclic amines) is 1. The van der Waals surface area contributed by atoms with E-state index in [0.717, 1.165) is 30.6 Å². The average molecular weight is 293 g/mol. The summed E-state index contributed by atoms with van der Waals surface area (Å²) in [5, 5.41) is 5.97. The number of amides is 1. The van der Waals surface area contributed by atoms with Gasteiger partial charge in [-0.2, -0.15) is 0 Å². The Morgan fingerprint density at radius 2 is 2.20 bits per heavy atom. The van der Waals surface area contributed by atoms with Crippen LogP contribution in [0.5, 0.6) is 0 Å². The molecule has 1 aromatic heterocycles. The van der Waals surface area contributed by atoms with Crippen LogP contribution in [0.1, 0.15) is 43.5 Å². The van der Waals surface area contributed by atoms with Crippen molar-refractivity contribution in [1.82, 2.24) is 15.2 Å². The van der Waals surface area contributed by atoms with Crippen molar-refractivity contribution in [2.24, 2.45) is 5.92 Å². The van der Waals surface area contributed by atoms with Gasteiger partial charge in [-0.3, -0.25) is 9.69 Å². The van der Waals surface area contributed by atoms with Gasteiger partial charge in [-0.05, 0) is 25.8 Å². The Hall–Kier alpha value is -0.940. The molecule has 0 unspecified atom stereocenters. The van der Waals surface area contributed by atoms with Crippen molar-refractivity contribution < 1.29 is 4.79 Å². The second-order valence-corrected chi connectivity index (χ2v) is 6.90. The molecule has 0 bridgehead atoms. The lowest BCUT2D eigenvalue weighted by Crippen LogP contribution is -2.37. The monoisotopic (exact) mass is 293 g/mol. The first-order valence-corrected chi connectivity index (χ1v) is 8.61. The lowest BCUT2D eigenvalue weighted by Gasteiger charge is -2.30. The first-order valence-electron chi connectivity index (χ1n) is 7.73. The van der Waals surface area contributed by atoms with Crippen LogP contribution in [0.15, 0.2) is 11.6 Å². The third-order valence-corrected chi connectivity index (χ3v) is 5.36. The SMILES string of the molecule is O=C(NCc1nccs1)[C@H]1CCN(C2CCCCC2)C1. The van der Waals surface area contributed by atoms with E-state index in [2.05, 4.69) is 15.2 Å². The summed E-state index contributed by atoms with van der Waals surface area (Å²) in [6.45, 7) is 2.63. The number of aromatic nitrogens is 1. The van der Waals surface area contributed by atoms with Gasteiger partial charge in [0.15, 0.2) is 0 Å². The maximum Gasteiger partial charge on any atom is 0.224 e. The smallest absolute Gasteiger partial charge is 0.224 e. The van der Waals surface area contributed by atoms with Gasteiger partial charge in [0.25, 0.3) is 0 Å². The summed E-state index contributed by atoms with van der Waals surface area (Å²) in [6, 6.07) is 0.737. The van der Waals surface area contributed by atoms with Crippen molar-refractivity contribution in [3.8, 4) is 0 Å². The van der Waals surface area contributed by atoms with Gasteiger partial charge < -0.3 is 5.32 Å². The zero-order valence-electron chi connectivity index (χ0n) is 11.9. The van der Waals surface area contributed by atoms with Crippen LogP contribution in [0.25, 0.3) is 0 Å². The number of carbonyl (C=O) groups is 1. The molecule has 5 heteroatoms. The first kappa shape index (κ1) is 14.0. The molecule has 1 aliphatic carbocycles. The molecule has 3 rings (SSSR count). The molecule has 1 amide bonds. The van der Waals surface area contributed by atoms with Gasteiger partial charge in [-0.15, -0.1) is 11.3 Å². The molecular formula is C15H23N3OS. The van der Waals surface area contributed by atoms with Crippen molar-refractivity contribution in [1.29, 1.82) is 0 Å². The maximum atomic E-state index is 12.2.